The highest BCUT2D eigenvalue weighted by Gasteiger charge is 2.12. The molecule has 2 heterocycles. The number of aromatic amines is 1. The Kier molecular flexibility index (Phi) is 4.99. The Morgan fingerprint density at radius 1 is 1.20 bits per heavy atom. The molecule has 0 spiro atoms. The van der Waals surface area contributed by atoms with Crippen LogP contribution in [-0.2, 0) is 19.2 Å². The van der Waals surface area contributed by atoms with Gasteiger partial charge in [0.1, 0.15) is 5.82 Å². The van der Waals surface area contributed by atoms with Crippen LogP contribution in [0.15, 0.2) is 28.2 Å². The van der Waals surface area contributed by atoms with Crippen molar-refractivity contribution in [2.24, 2.45) is 13.0 Å². The standard InChI is InChI=1S/C19H24N4OS/c1-11(2)6-17-21-22-19(23(17)5)25-10-14-9-16(24)18-13(4)7-12(3)8-15(18)20-14/h7-9,11H,6,10H2,1-5H3,(H,20,24). The Morgan fingerprint density at radius 3 is 2.68 bits per heavy atom. The van der Waals surface area contributed by atoms with Crippen LogP contribution in [0.25, 0.3) is 10.9 Å². The van der Waals surface area contributed by atoms with Crippen LogP contribution in [0.2, 0.25) is 0 Å². The minimum Gasteiger partial charge on any atom is -0.357 e. The monoisotopic (exact) mass is 356 g/mol. The number of rotatable bonds is 5. The first-order chi connectivity index (χ1) is 11.8. The first kappa shape index (κ1) is 17.7. The van der Waals surface area contributed by atoms with E-state index in [0.717, 1.165) is 45.1 Å². The number of thioether (sulfide) groups is 1. The molecule has 0 saturated heterocycles. The predicted octanol–water partition coefficient (Wildman–Crippen LogP) is 3.76. The molecule has 3 rings (SSSR count). The van der Waals surface area contributed by atoms with Crippen LogP contribution in [-0.4, -0.2) is 19.7 Å². The number of aryl methyl sites for hydroxylation is 2. The minimum atomic E-state index is 0.0697. The summed E-state index contributed by atoms with van der Waals surface area (Å²) in [6.45, 7) is 8.37. The van der Waals surface area contributed by atoms with E-state index in [2.05, 4.69) is 29.0 Å². The molecule has 0 aliphatic heterocycles. The third-order valence-electron chi connectivity index (χ3n) is 4.20. The second-order valence-corrected chi connectivity index (χ2v) is 7.95. The molecule has 25 heavy (non-hydrogen) atoms. The Balaban J connectivity index is 1.85. The van der Waals surface area contributed by atoms with Crippen LogP contribution in [0.4, 0.5) is 0 Å². The lowest BCUT2D eigenvalue weighted by Crippen LogP contribution is -2.07. The Hall–Kier alpha value is -2.08. The van der Waals surface area contributed by atoms with Gasteiger partial charge in [0.25, 0.3) is 0 Å². The van der Waals surface area contributed by atoms with Gasteiger partial charge in [0, 0.05) is 36.4 Å². The molecule has 0 fully saturated rings. The zero-order valence-electron chi connectivity index (χ0n) is 15.4. The van der Waals surface area contributed by atoms with Gasteiger partial charge in [-0.3, -0.25) is 4.79 Å². The fourth-order valence-corrected chi connectivity index (χ4v) is 3.90. The maximum atomic E-state index is 12.5. The SMILES string of the molecule is Cc1cc(C)c2c(=O)cc(CSc3nnc(CC(C)C)n3C)[nH]c2c1. The van der Waals surface area contributed by atoms with Crippen LogP contribution in [0.5, 0.6) is 0 Å². The van der Waals surface area contributed by atoms with E-state index in [4.69, 9.17) is 0 Å². The second-order valence-electron chi connectivity index (χ2n) is 7.01. The zero-order chi connectivity index (χ0) is 18.1. The summed E-state index contributed by atoms with van der Waals surface area (Å²) >= 11 is 1.59. The second kappa shape index (κ2) is 7.04. The number of hydrogen-bond acceptors (Lipinski definition) is 4. The largest absolute Gasteiger partial charge is 0.357 e. The molecule has 132 valence electrons. The molecule has 0 unspecified atom stereocenters. The molecule has 0 amide bonds. The van der Waals surface area contributed by atoms with Gasteiger partial charge in [0.05, 0.1) is 5.52 Å². The molecule has 1 aromatic carbocycles. The summed E-state index contributed by atoms with van der Waals surface area (Å²) in [6, 6.07) is 5.77. The highest BCUT2D eigenvalue weighted by molar-refractivity contribution is 7.98. The summed E-state index contributed by atoms with van der Waals surface area (Å²) in [7, 11) is 2.00. The first-order valence-electron chi connectivity index (χ1n) is 8.49. The molecule has 5 nitrogen and oxygen atoms in total. The Bertz CT molecular complexity index is 971. The quantitative estimate of drug-likeness (QED) is 0.707. The van der Waals surface area contributed by atoms with Crippen molar-refractivity contribution in [3.05, 3.63) is 51.1 Å². The summed E-state index contributed by atoms with van der Waals surface area (Å²) < 4.78 is 2.04. The Morgan fingerprint density at radius 2 is 1.96 bits per heavy atom. The van der Waals surface area contributed by atoms with Crippen molar-refractivity contribution >= 4 is 22.7 Å². The van der Waals surface area contributed by atoms with Crippen molar-refractivity contribution in [1.29, 1.82) is 0 Å². The highest BCUT2D eigenvalue weighted by atomic mass is 32.2. The molecule has 0 saturated carbocycles. The van der Waals surface area contributed by atoms with Crippen LogP contribution in [0.3, 0.4) is 0 Å². The van der Waals surface area contributed by atoms with Crippen LogP contribution in [0, 0.1) is 19.8 Å². The topological polar surface area (TPSA) is 63.6 Å². The third kappa shape index (κ3) is 3.79. The molecule has 0 aliphatic carbocycles. The van der Waals surface area contributed by atoms with E-state index < -0.39 is 0 Å². The van der Waals surface area contributed by atoms with Crippen molar-refractivity contribution in [1.82, 2.24) is 19.7 Å². The molecular formula is C19H24N4OS. The number of nitrogens with one attached hydrogen (secondary N) is 1. The molecule has 6 heteroatoms. The van der Waals surface area contributed by atoms with Crippen molar-refractivity contribution in [2.75, 3.05) is 0 Å². The van der Waals surface area contributed by atoms with Crippen molar-refractivity contribution in [2.45, 2.75) is 45.0 Å². The number of aromatic nitrogens is 4. The van der Waals surface area contributed by atoms with E-state index in [9.17, 15) is 4.79 Å². The maximum Gasteiger partial charge on any atom is 0.191 e. The molecule has 0 atom stereocenters. The van der Waals surface area contributed by atoms with Crippen molar-refractivity contribution in [3.63, 3.8) is 0 Å². The van der Waals surface area contributed by atoms with E-state index >= 15 is 0 Å². The number of fused-ring (bicyclic) bond motifs is 1. The van der Waals surface area contributed by atoms with E-state index in [-0.39, 0.29) is 5.43 Å². The average Bonchev–Trinajstić information content (AvgIpc) is 2.84. The summed E-state index contributed by atoms with van der Waals surface area (Å²) in [4.78, 5) is 15.9. The number of hydrogen-bond donors (Lipinski definition) is 1. The normalized spacial score (nSPS) is 11.6. The molecule has 0 bridgehead atoms. The highest BCUT2D eigenvalue weighted by Crippen LogP contribution is 2.22. The molecule has 0 aliphatic rings. The smallest absolute Gasteiger partial charge is 0.191 e. The summed E-state index contributed by atoms with van der Waals surface area (Å²) in [5.74, 6) is 2.20. The molecule has 1 N–H and O–H groups in total. The van der Waals surface area contributed by atoms with E-state index in [0.29, 0.717) is 11.7 Å². The van der Waals surface area contributed by atoms with E-state index in [1.54, 1.807) is 17.8 Å². The van der Waals surface area contributed by atoms with Gasteiger partial charge in [-0.2, -0.15) is 0 Å². The predicted molar refractivity (Wildman–Crippen MR) is 103 cm³/mol. The minimum absolute atomic E-state index is 0.0697. The number of pyridine rings is 1. The van der Waals surface area contributed by atoms with Crippen LogP contribution in [0.1, 0.15) is 36.5 Å². The number of benzene rings is 1. The average molecular weight is 356 g/mol. The number of nitrogens with zero attached hydrogens (tertiary/aromatic N) is 3. The third-order valence-corrected chi connectivity index (χ3v) is 5.27. The van der Waals surface area contributed by atoms with Gasteiger partial charge in [0.2, 0.25) is 0 Å². The molecular weight excluding hydrogens is 332 g/mol. The van der Waals surface area contributed by atoms with Crippen molar-refractivity contribution < 1.29 is 0 Å². The maximum absolute atomic E-state index is 12.5. The van der Waals surface area contributed by atoms with Gasteiger partial charge < -0.3 is 9.55 Å². The van der Waals surface area contributed by atoms with E-state index in [1.807, 2.05) is 37.6 Å². The molecule has 0 radical (unpaired) electrons. The van der Waals surface area contributed by atoms with E-state index in [1.165, 1.54) is 0 Å². The zero-order valence-corrected chi connectivity index (χ0v) is 16.2. The van der Waals surface area contributed by atoms with Gasteiger partial charge in [-0.05, 0) is 37.0 Å². The first-order valence-corrected chi connectivity index (χ1v) is 9.48. The van der Waals surface area contributed by atoms with Gasteiger partial charge in [0.15, 0.2) is 10.6 Å². The lowest BCUT2D eigenvalue weighted by atomic mass is 10.1. The van der Waals surface area contributed by atoms with Gasteiger partial charge in [-0.15, -0.1) is 10.2 Å². The fraction of sp³-hybridized carbons (Fsp3) is 0.421. The summed E-state index contributed by atoms with van der Waals surface area (Å²) in [5.41, 5.74) is 4.04. The Labute approximate surface area is 151 Å². The number of H-pyrrole nitrogens is 1. The molecule has 3 aromatic rings. The van der Waals surface area contributed by atoms with Crippen LogP contribution >= 0.6 is 11.8 Å². The molecule has 2 aromatic heterocycles. The lowest BCUT2D eigenvalue weighted by Gasteiger charge is -2.08. The summed E-state index contributed by atoms with van der Waals surface area (Å²) in [6.07, 6.45) is 0.912. The van der Waals surface area contributed by atoms with Crippen LogP contribution < -0.4 is 5.43 Å². The van der Waals surface area contributed by atoms with Gasteiger partial charge >= 0.3 is 0 Å². The van der Waals surface area contributed by atoms with Gasteiger partial charge in [-0.1, -0.05) is 31.7 Å². The fourth-order valence-electron chi connectivity index (χ4n) is 3.07. The van der Waals surface area contributed by atoms with Crippen molar-refractivity contribution in [3.8, 4) is 0 Å². The lowest BCUT2D eigenvalue weighted by molar-refractivity contribution is 0.593. The van der Waals surface area contributed by atoms with Gasteiger partial charge in [-0.25, -0.2) is 0 Å². The summed E-state index contributed by atoms with van der Waals surface area (Å²) in [5, 5.41) is 10.2.